The first-order valence-electron chi connectivity index (χ1n) is 5.42. The van der Waals surface area contributed by atoms with Crippen LogP contribution in [0.4, 0.5) is 10.2 Å². The minimum atomic E-state index is -1.27. The Morgan fingerprint density at radius 1 is 1.56 bits per heavy atom. The number of aliphatic hydroxyl groups excluding tert-OH is 1. The molecule has 3 N–H and O–H groups in total. The first-order chi connectivity index (χ1) is 8.70. The van der Waals surface area contributed by atoms with Gasteiger partial charge in [-0.1, -0.05) is 5.21 Å². The lowest BCUT2D eigenvalue weighted by atomic mass is 10.2. The van der Waals surface area contributed by atoms with Gasteiger partial charge >= 0.3 is 0 Å². The van der Waals surface area contributed by atoms with Crippen molar-refractivity contribution in [3.05, 3.63) is 6.33 Å². The zero-order valence-electron chi connectivity index (χ0n) is 9.27. The fourth-order valence-electron chi connectivity index (χ4n) is 1.99. The molecule has 1 fully saturated rings. The van der Waals surface area contributed by atoms with E-state index in [2.05, 4.69) is 20.3 Å². The number of nitrogens with two attached hydrogens (primary N) is 1. The fraction of sp³-hybridized carbons (Fsp3) is 0.556. The summed E-state index contributed by atoms with van der Waals surface area (Å²) in [6.45, 7) is -0.235. The number of nitrogens with zero attached hydrogens (tertiary/aromatic N) is 5. The van der Waals surface area contributed by atoms with Gasteiger partial charge in [-0.05, 0) is 0 Å². The van der Waals surface area contributed by atoms with Crippen LogP contribution in [-0.2, 0) is 4.74 Å². The number of rotatable bonds is 2. The van der Waals surface area contributed by atoms with Gasteiger partial charge in [-0.2, -0.15) is 4.68 Å². The second-order valence-corrected chi connectivity index (χ2v) is 4.05. The first kappa shape index (κ1) is 11.2. The molecule has 8 nitrogen and oxygen atoms in total. The standard InChI is InChI=1S/C9H11FN6O2/c10-5-1-4(2-17)18-9(5)16-8-6(14-15-16)7(11)12-3-13-8/h3-5,9,17H,1-2H2,(H2,11,12,13)/t4-,5-,9+/m0/s1. The summed E-state index contributed by atoms with van der Waals surface area (Å²) < 4.78 is 20.4. The van der Waals surface area contributed by atoms with Crippen LogP contribution in [0.25, 0.3) is 11.2 Å². The van der Waals surface area contributed by atoms with Crippen LogP contribution in [0.3, 0.4) is 0 Å². The molecule has 1 aliphatic rings. The lowest BCUT2D eigenvalue weighted by Crippen LogP contribution is -2.19. The summed E-state index contributed by atoms with van der Waals surface area (Å²) in [5.41, 5.74) is 6.23. The van der Waals surface area contributed by atoms with Crippen LogP contribution in [0.15, 0.2) is 6.33 Å². The molecule has 3 atom stereocenters. The van der Waals surface area contributed by atoms with Crippen molar-refractivity contribution in [3.63, 3.8) is 0 Å². The van der Waals surface area contributed by atoms with E-state index < -0.39 is 18.5 Å². The average Bonchev–Trinajstić information content (AvgIpc) is 2.93. The molecular weight excluding hydrogens is 243 g/mol. The summed E-state index contributed by atoms with van der Waals surface area (Å²) in [4.78, 5) is 7.74. The highest BCUT2D eigenvalue weighted by Crippen LogP contribution is 2.32. The van der Waals surface area contributed by atoms with E-state index in [0.717, 1.165) is 0 Å². The van der Waals surface area contributed by atoms with Crippen molar-refractivity contribution in [1.29, 1.82) is 0 Å². The molecule has 1 saturated heterocycles. The summed E-state index contributed by atoms with van der Waals surface area (Å²) in [6.07, 6.45) is -1.39. The van der Waals surface area contributed by atoms with Gasteiger partial charge in [0.25, 0.3) is 0 Å². The molecule has 0 radical (unpaired) electrons. The minimum Gasteiger partial charge on any atom is -0.394 e. The lowest BCUT2D eigenvalue weighted by molar-refractivity contribution is -0.0421. The number of aliphatic hydroxyl groups is 1. The molecule has 18 heavy (non-hydrogen) atoms. The molecule has 2 aromatic rings. The van der Waals surface area contributed by atoms with Gasteiger partial charge in [0.1, 0.15) is 12.5 Å². The highest BCUT2D eigenvalue weighted by Gasteiger charge is 2.38. The van der Waals surface area contributed by atoms with E-state index in [4.69, 9.17) is 15.6 Å². The Kier molecular flexibility index (Phi) is 2.56. The van der Waals surface area contributed by atoms with Gasteiger partial charge in [0.15, 0.2) is 23.2 Å². The van der Waals surface area contributed by atoms with E-state index >= 15 is 0 Å². The van der Waals surface area contributed by atoms with Crippen molar-refractivity contribution >= 4 is 17.0 Å². The average molecular weight is 254 g/mol. The van der Waals surface area contributed by atoms with Gasteiger partial charge in [-0.3, -0.25) is 0 Å². The number of fused-ring (bicyclic) bond motifs is 1. The Bertz CT molecular complexity index is 575. The number of hydrogen-bond acceptors (Lipinski definition) is 7. The van der Waals surface area contributed by atoms with Crippen LogP contribution in [0.5, 0.6) is 0 Å². The summed E-state index contributed by atoms with van der Waals surface area (Å²) >= 11 is 0. The van der Waals surface area contributed by atoms with Crippen molar-refractivity contribution in [2.45, 2.75) is 24.9 Å². The summed E-state index contributed by atoms with van der Waals surface area (Å²) in [5.74, 6) is 0.179. The van der Waals surface area contributed by atoms with E-state index in [9.17, 15) is 4.39 Å². The largest absolute Gasteiger partial charge is 0.394 e. The maximum Gasteiger partial charge on any atom is 0.186 e. The van der Waals surface area contributed by atoms with Crippen LogP contribution < -0.4 is 5.73 Å². The van der Waals surface area contributed by atoms with E-state index in [-0.39, 0.29) is 18.8 Å². The predicted molar refractivity (Wildman–Crippen MR) is 58.0 cm³/mol. The lowest BCUT2D eigenvalue weighted by Gasteiger charge is -2.13. The molecule has 3 heterocycles. The fourth-order valence-corrected chi connectivity index (χ4v) is 1.99. The maximum absolute atomic E-state index is 13.8. The Morgan fingerprint density at radius 2 is 2.39 bits per heavy atom. The van der Waals surface area contributed by atoms with Gasteiger partial charge in [0.05, 0.1) is 12.7 Å². The normalized spacial score (nSPS) is 28.0. The Morgan fingerprint density at radius 3 is 3.11 bits per heavy atom. The molecular formula is C9H11FN6O2. The number of alkyl halides is 1. The van der Waals surface area contributed by atoms with Crippen molar-refractivity contribution in [1.82, 2.24) is 25.0 Å². The quantitative estimate of drug-likeness (QED) is 0.737. The Hall–Kier alpha value is -1.87. The number of aromatic nitrogens is 5. The number of anilines is 1. The van der Waals surface area contributed by atoms with Crippen LogP contribution in [0.1, 0.15) is 12.6 Å². The molecule has 0 amide bonds. The number of nitrogen functional groups attached to an aromatic ring is 1. The van der Waals surface area contributed by atoms with Crippen LogP contribution in [-0.4, -0.2) is 49.0 Å². The van der Waals surface area contributed by atoms with E-state index in [1.807, 2.05) is 0 Å². The monoisotopic (exact) mass is 254 g/mol. The number of hydrogen-bond donors (Lipinski definition) is 2. The van der Waals surface area contributed by atoms with Gasteiger partial charge in [0.2, 0.25) is 0 Å². The van der Waals surface area contributed by atoms with Gasteiger partial charge in [-0.25, -0.2) is 14.4 Å². The molecule has 3 rings (SSSR count). The van der Waals surface area contributed by atoms with Crippen molar-refractivity contribution in [3.8, 4) is 0 Å². The molecule has 0 saturated carbocycles. The third-order valence-electron chi connectivity index (χ3n) is 2.86. The highest BCUT2D eigenvalue weighted by atomic mass is 19.1. The van der Waals surface area contributed by atoms with E-state index in [1.165, 1.54) is 11.0 Å². The molecule has 1 aliphatic heterocycles. The van der Waals surface area contributed by atoms with Gasteiger partial charge < -0.3 is 15.6 Å². The zero-order chi connectivity index (χ0) is 12.7. The van der Waals surface area contributed by atoms with E-state index in [1.54, 1.807) is 0 Å². The smallest absolute Gasteiger partial charge is 0.186 e. The van der Waals surface area contributed by atoms with Gasteiger partial charge in [0, 0.05) is 6.42 Å². The van der Waals surface area contributed by atoms with Crippen molar-refractivity contribution in [2.75, 3.05) is 12.3 Å². The first-order valence-corrected chi connectivity index (χ1v) is 5.42. The highest BCUT2D eigenvalue weighted by molar-refractivity contribution is 5.80. The maximum atomic E-state index is 13.8. The summed E-state index contributed by atoms with van der Waals surface area (Å²) in [7, 11) is 0. The molecule has 0 aromatic carbocycles. The van der Waals surface area contributed by atoms with Crippen LogP contribution >= 0.6 is 0 Å². The SMILES string of the molecule is Nc1ncnc2c1nnn2[C@@H]1O[C@H](CO)C[C@@H]1F. The third-order valence-corrected chi connectivity index (χ3v) is 2.86. The molecule has 2 aromatic heterocycles. The third kappa shape index (κ3) is 1.59. The molecule has 96 valence electrons. The van der Waals surface area contributed by atoms with E-state index in [0.29, 0.717) is 11.2 Å². The minimum absolute atomic E-state index is 0.114. The van der Waals surface area contributed by atoms with Gasteiger partial charge in [-0.15, -0.1) is 5.10 Å². The zero-order valence-corrected chi connectivity index (χ0v) is 9.27. The molecule has 0 bridgehead atoms. The number of halogens is 1. The van der Waals surface area contributed by atoms with Crippen LogP contribution in [0.2, 0.25) is 0 Å². The summed E-state index contributed by atoms with van der Waals surface area (Å²) in [6, 6.07) is 0. The topological polar surface area (TPSA) is 112 Å². The second-order valence-electron chi connectivity index (χ2n) is 4.05. The van der Waals surface area contributed by atoms with Crippen molar-refractivity contribution in [2.24, 2.45) is 0 Å². The predicted octanol–water partition coefficient (Wildman–Crippen LogP) is -0.579. The summed E-state index contributed by atoms with van der Waals surface area (Å²) in [5, 5.41) is 16.6. The second kappa shape index (κ2) is 4.10. The molecule has 0 unspecified atom stereocenters. The van der Waals surface area contributed by atoms with Crippen molar-refractivity contribution < 1.29 is 14.2 Å². The molecule has 0 spiro atoms. The molecule has 0 aliphatic carbocycles. The molecule has 9 heteroatoms. The Labute approximate surface area is 101 Å². The Balaban J connectivity index is 2.02. The number of ether oxygens (including phenoxy) is 1. The van der Waals surface area contributed by atoms with Crippen LogP contribution in [0, 0.1) is 0 Å².